The van der Waals surface area contributed by atoms with E-state index in [0.29, 0.717) is 5.75 Å². The van der Waals surface area contributed by atoms with Crippen molar-refractivity contribution in [2.75, 3.05) is 29.8 Å². The van der Waals surface area contributed by atoms with Gasteiger partial charge in [0.05, 0.1) is 19.0 Å². The molecule has 0 aliphatic heterocycles. The molecular weight excluding hydrogens is 350 g/mol. The Morgan fingerprint density at radius 1 is 1.12 bits per heavy atom. The molecule has 142 valence electrons. The van der Waals surface area contributed by atoms with Crippen molar-refractivity contribution in [2.45, 2.75) is 38.5 Å². The molecule has 0 radical (unpaired) electrons. The highest BCUT2D eigenvalue weighted by Crippen LogP contribution is 2.26. The first-order valence-electron chi connectivity index (χ1n) is 8.79. The number of methoxy groups -OCH3 is 1. The van der Waals surface area contributed by atoms with Gasteiger partial charge >= 0.3 is 0 Å². The topological polar surface area (TPSA) is 71.5 Å². The highest BCUT2D eigenvalue weighted by molar-refractivity contribution is 7.92. The molecule has 0 saturated heterocycles. The van der Waals surface area contributed by atoms with Gasteiger partial charge < -0.3 is 9.64 Å². The summed E-state index contributed by atoms with van der Waals surface area (Å²) in [6, 6.07) is 8.62. The average molecular weight is 378 g/mol. The summed E-state index contributed by atoms with van der Waals surface area (Å²) in [6.45, 7) is 7.99. The highest BCUT2D eigenvalue weighted by Gasteiger charge is 2.20. The third-order valence-corrected chi connectivity index (χ3v) is 5.32. The molecule has 0 aliphatic rings. The minimum absolute atomic E-state index is 0.101. The van der Waals surface area contributed by atoms with Gasteiger partial charge in [0.15, 0.2) is 0 Å². The van der Waals surface area contributed by atoms with Crippen molar-refractivity contribution < 1.29 is 13.2 Å². The van der Waals surface area contributed by atoms with Crippen molar-refractivity contribution in [3.63, 3.8) is 0 Å². The van der Waals surface area contributed by atoms with Crippen molar-refractivity contribution in [3.05, 3.63) is 42.1 Å². The molecule has 6 nitrogen and oxygen atoms in total. The van der Waals surface area contributed by atoms with Crippen molar-refractivity contribution in [3.8, 4) is 5.75 Å². The molecule has 1 aromatic heterocycles. The Kier molecular flexibility index (Phi) is 6.85. The number of nitrogens with one attached hydrogen (secondary N) is 1. The number of aromatic nitrogens is 1. The zero-order valence-corrected chi connectivity index (χ0v) is 16.6. The van der Waals surface area contributed by atoms with Crippen LogP contribution in [0.1, 0.15) is 32.3 Å². The van der Waals surface area contributed by atoms with E-state index in [4.69, 9.17) is 4.74 Å². The molecule has 2 aromatic rings. The van der Waals surface area contributed by atoms with E-state index in [1.54, 1.807) is 30.5 Å². The first-order chi connectivity index (χ1) is 12.4. The normalized spacial score (nSPS) is 11.2. The maximum absolute atomic E-state index is 12.7. The van der Waals surface area contributed by atoms with E-state index in [1.165, 1.54) is 7.11 Å². The van der Waals surface area contributed by atoms with E-state index in [-0.39, 0.29) is 10.7 Å². The van der Waals surface area contributed by atoms with Crippen LogP contribution in [0, 0.1) is 6.92 Å². The minimum atomic E-state index is -3.78. The van der Waals surface area contributed by atoms with Gasteiger partial charge in [0.25, 0.3) is 10.0 Å². The van der Waals surface area contributed by atoms with Gasteiger partial charge in [-0.3, -0.25) is 4.72 Å². The van der Waals surface area contributed by atoms with Gasteiger partial charge in [0.2, 0.25) is 0 Å². The van der Waals surface area contributed by atoms with E-state index in [2.05, 4.69) is 28.5 Å². The fourth-order valence-corrected chi connectivity index (χ4v) is 3.99. The molecule has 0 aliphatic carbocycles. The quantitative estimate of drug-likeness (QED) is 0.719. The monoisotopic (exact) mass is 377 g/mol. The summed E-state index contributed by atoms with van der Waals surface area (Å²) in [5, 5.41) is 0. The standard InChI is InChI=1S/C19H27N3O3S/c1-5-11-22(12-6-2)16-8-10-19(20-14-16)21-26(23,24)18-13-15(3)7-9-17(18)25-4/h7-10,13-14H,5-6,11-12H2,1-4H3,(H,20,21). The molecule has 1 heterocycles. The number of ether oxygens (including phenoxy) is 1. The van der Waals surface area contributed by atoms with Crippen LogP contribution in [0.4, 0.5) is 11.5 Å². The number of hydrogen-bond acceptors (Lipinski definition) is 5. The fraction of sp³-hybridized carbons (Fsp3) is 0.421. The third-order valence-electron chi connectivity index (χ3n) is 3.95. The maximum atomic E-state index is 12.7. The molecule has 2 rings (SSSR count). The van der Waals surface area contributed by atoms with Crippen molar-refractivity contribution >= 4 is 21.5 Å². The lowest BCUT2D eigenvalue weighted by molar-refractivity contribution is 0.402. The minimum Gasteiger partial charge on any atom is -0.495 e. The molecular formula is C19H27N3O3S. The summed E-state index contributed by atoms with van der Waals surface area (Å²) < 4.78 is 33.1. The lowest BCUT2D eigenvalue weighted by Crippen LogP contribution is -2.25. The summed E-state index contributed by atoms with van der Waals surface area (Å²) in [5.41, 5.74) is 1.83. The van der Waals surface area contributed by atoms with Gasteiger partial charge in [0.1, 0.15) is 16.5 Å². The second-order valence-corrected chi connectivity index (χ2v) is 7.80. The Balaban J connectivity index is 2.24. The summed E-state index contributed by atoms with van der Waals surface area (Å²) in [4.78, 5) is 6.63. The Labute approximate surface area is 156 Å². The molecule has 0 bridgehead atoms. The molecule has 0 spiro atoms. The van der Waals surface area contributed by atoms with E-state index < -0.39 is 10.0 Å². The zero-order valence-electron chi connectivity index (χ0n) is 15.8. The van der Waals surface area contributed by atoms with Gasteiger partial charge in [-0.15, -0.1) is 0 Å². The molecule has 26 heavy (non-hydrogen) atoms. The van der Waals surface area contributed by atoms with E-state index >= 15 is 0 Å². The maximum Gasteiger partial charge on any atom is 0.266 e. The van der Waals surface area contributed by atoms with Crippen LogP contribution in [0.15, 0.2) is 41.4 Å². The van der Waals surface area contributed by atoms with Crippen molar-refractivity contribution in [2.24, 2.45) is 0 Å². The van der Waals surface area contributed by atoms with Crippen molar-refractivity contribution in [1.29, 1.82) is 0 Å². The molecule has 1 N–H and O–H groups in total. The van der Waals surface area contributed by atoms with Crippen LogP contribution in [0.3, 0.4) is 0 Å². The Morgan fingerprint density at radius 2 is 1.81 bits per heavy atom. The Hall–Kier alpha value is -2.28. The van der Waals surface area contributed by atoms with Crippen molar-refractivity contribution in [1.82, 2.24) is 4.98 Å². The van der Waals surface area contributed by atoms with Crippen LogP contribution in [0.5, 0.6) is 5.75 Å². The summed E-state index contributed by atoms with van der Waals surface area (Å²) >= 11 is 0. The summed E-state index contributed by atoms with van der Waals surface area (Å²) in [7, 11) is -2.33. The SMILES string of the molecule is CCCN(CCC)c1ccc(NS(=O)(=O)c2cc(C)ccc2OC)nc1. The van der Waals surface area contributed by atoms with E-state index in [9.17, 15) is 8.42 Å². The van der Waals surface area contributed by atoms with Gasteiger partial charge in [0, 0.05) is 13.1 Å². The largest absolute Gasteiger partial charge is 0.495 e. The van der Waals surface area contributed by atoms with Gasteiger partial charge in [-0.2, -0.15) is 0 Å². The van der Waals surface area contributed by atoms with Gasteiger partial charge in [-0.25, -0.2) is 13.4 Å². The predicted molar refractivity (Wildman–Crippen MR) is 106 cm³/mol. The number of anilines is 2. The summed E-state index contributed by atoms with van der Waals surface area (Å²) in [6.07, 6.45) is 3.79. The number of rotatable bonds is 9. The third kappa shape index (κ3) is 4.88. The van der Waals surface area contributed by atoms with Crippen LogP contribution >= 0.6 is 0 Å². The fourth-order valence-electron chi connectivity index (χ4n) is 2.73. The lowest BCUT2D eigenvalue weighted by atomic mass is 10.2. The highest BCUT2D eigenvalue weighted by atomic mass is 32.2. The first kappa shape index (κ1) is 20.0. The predicted octanol–water partition coefficient (Wildman–Crippen LogP) is 3.83. The van der Waals surface area contributed by atoms with Crippen LogP contribution in [-0.4, -0.2) is 33.6 Å². The smallest absolute Gasteiger partial charge is 0.266 e. The molecule has 0 saturated carbocycles. The first-order valence-corrected chi connectivity index (χ1v) is 10.3. The molecule has 7 heteroatoms. The van der Waals surface area contributed by atoms with Crippen LogP contribution < -0.4 is 14.4 Å². The number of benzene rings is 1. The molecule has 0 atom stereocenters. The number of nitrogens with zero attached hydrogens (tertiary/aromatic N) is 2. The molecule has 0 amide bonds. The van der Waals surface area contributed by atoms with E-state index in [0.717, 1.165) is 37.2 Å². The number of pyridine rings is 1. The summed E-state index contributed by atoms with van der Waals surface area (Å²) in [5.74, 6) is 0.585. The molecule has 0 unspecified atom stereocenters. The second-order valence-electron chi connectivity index (χ2n) is 6.15. The number of aryl methyl sites for hydroxylation is 1. The van der Waals surface area contributed by atoms with Crippen LogP contribution in [0.25, 0.3) is 0 Å². The van der Waals surface area contributed by atoms with Gasteiger partial charge in [-0.1, -0.05) is 19.9 Å². The average Bonchev–Trinajstić information content (AvgIpc) is 2.62. The van der Waals surface area contributed by atoms with Crippen LogP contribution in [0.2, 0.25) is 0 Å². The second kappa shape index (κ2) is 8.89. The molecule has 1 aromatic carbocycles. The zero-order chi connectivity index (χ0) is 19.2. The number of hydrogen-bond donors (Lipinski definition) is 1. The van der Waals surface area contributed by atoms with E-state index in [1.807, 2.05) is 13.0 Å². The van der Waals surface area contributed by atoms with Crippen LogP contribution in [-0.2, 0) is 10.0 Å². The Bertz CT molecular complexity index is 814. The van der Waals surface area contributed by atoms with Gasteiger partial charge in [-0.05, 0) is 49.6 Å². The molecule has 0 fully saturated rings. The number of sulfonamides is 1. The Morgan fingerprint density at radius 3 is 2.35 bits per heavy atom. The lowest BCUT2D eigenvalue weighted by Gasteiger charge is -2.23.